The minimum atomic E-state index is -2.76. The summed E-state index contributed by atoms with van der Waals surface area (Å²) in [5, 5.41) is 9.24. The van der Waals surface area contributed by atoms with Crippen molar-refractivity contribution in [1.82, 2.24) is 24.9 Å². The minimum Gasteiger partial charge on any atom is -0.493 e. The molecule has 13 heteroatoms. The molecule has 234 valence electrons. The maximum absolute atomic E-state index is 14.2. The smallest absolute Gasteiger partial charge is 0.355 e. The van der Waals surface area contributed by atoms with Gasteiger partial charge in [0.25, 0.3) is 0 Å². The Bertz CT molecular complexity index is 1720. The van der Waals surface area contributed by atoms with E-state index in [4.69, 9.17) is 9.47 Å². The van der Waals surface area contributed by atoms with Crippen LogP contribution < -0.4 is 9.04 Å². The van der Waals surface area contributed by atoms with Gasteiger partial charge < -0.3 is 19.4 Å². The van der Waals surface area contributed by atoms with Crippen LogP contribution in [0.2, 0.25) is 0 Å². The molecule has 1 N–H and O–H groups in total. The van der Waals surface area contributed by atoms with Gasteiger partial charge in [0.1, 0.15) is 23.0 Å². The Labute approximate surface area is 257 Å². The van der Waals surface area contributed by atoms with E-state index in [0.29, 0.717) is 60.0 Å². The third kappa shape index (κ3) is 6.58. The summed E-state index contributed by atoms with van der Waals surface area (Å²) in [6.07, 6.45) is 4.45. The van der Waals surface area contributed by atoms with Crippen LogP contribution in [0.4, 0.5) is 10.1 Å². The van der Waals surface area contributed by atoms with Gasteiger partial charge in [0.05, 0.1) is 25.1 Å². The minimum absolute atomic E-state index is 0.173. The van der Waals surface area contributed by atoms with E-state index in [1.54, 1.807) is 23.0 Å². The number of benzene rings is 2. The van der Waals surface area contributed by atoms with Gasteiger partial charge in [-0.15, -0.1) is 5.10 Å². The zero-order valence-corrected chi connectivity index (χ0v) is 25.8. The van der Waals surface area contributed by atoms with Crippen molar-refractivity contribution in [3.8, 4) is 17.0 Å². The Morgan fingerprint density at radius 2 is 2.02 bits per heavy atom. The van der Waals surface area contributed by atoms with Gasteiger partial charge in [-0.1, -0.05) is 19.1 Å². The molecule has 2 aliphatic heterocycles. The summed E-state index contributed by atoms with van der Waals surface area (Å²) >= 11 is 0. The number of esters is 1. The van der Waals surface area contributed by atoms with E-state index in [2.05, 4.69) is 20.2 Å². The summed E-state index contributed by atoms with van der Waals surface area (Å²) in [6.45, 7) is 8.20. The number of hydrogen-bond donors (Lipinski definition) is 2. The fourth-order valence-electron chi connectivity index (χ4n) is 5.93. The van der Waals surface area contributed by atoms with Gasteiger partial charge in [-0.2, -0.15) is 0 Å². The second-order valence-electron chi connectivity index (χ2n) is 11.9. The lowest BCUT2D eigenvalue weighted by Gasteiger charge is -2.32. The van der Waals surface area contributed by atoms with Crippen molar-refractivity contribution in [2.45, 2.75) is 39.7 Å². The van der Waals surface area contributed by atoms with E-state index in [1.165, 1.54) is 16.4 Å². The Morgan fingerprint density at radius 1 is 1.20 bits per heavy atom. The Morgan fingerprint density at radius 3 is 2.80 bits per heavy atom. The molecule has 2 aromatic heterocycles. The topological polar surface area (TPSA) is 123 Å². The number of rotatable bonds is 11. The predicted molar refractivity (Wildman–Crippen MR) is 165 cm³/mol. The molecule has 2 aromatic carbocycles. The Kier molecular flexibility index (Phi) is 8.85. The molecule has 44 heavy (non-hydrogen) atoms. The first-order chi connectivity index (χ1) is 21.2. The van der Waals surface area contributed by atoms with Crippen molar-refractivity contribution in [1.29, 1.82) is 0 Å². The highest BCUT2D eigenvalue weighted by Gasteiger charge is 2.25. The number of carbonyl (C=O) groups is 1. The number of nitrogens with one attached hydrogen (secondary N) is 1. The van der Waals surface area contributed by atoms with Crippen LogP contribution in [0.3, 0.4) is 0 Å². The van der Waals surface area contributed by atoms with Crippen LogP contribution in [0.25, 0.3) is 22.2 Å². The number of likely N-dealkylation sites (tertiary alicyclic amines) is 1. The second kappa shape index (κ2) is 12.9. The number of anilines is 1. The molecule has 0 atom stereocenters. The molecule has 0 bridgehead atoms. The fraction of sp³-hybridized carbons (Fsp3) is 0.452. The number of fused-ring (bicyclic) bond motifs is 2. The van der Waals surface area contributed by atoms with Gasteiger partial charge in [-0.3, -0.25) is 8.99 Å². The molecule has 0 unspecified atom stereocenters. The molecule has 11 nitrogen and oxygen atoms in total. The van der Waals surface area contributed by atoms with Crippen LogP contribution in [-0.4, -0.2) is 78.7 Å². The van der Waals surface area contributed by atoms with E-state index >= 15 is 0 Å². The maximum Gasteiger partial charge on any atom is 0.355 e. The number of piperidine rings is 1. The summed E-state index contributed by atoms with van der Waals surface area (Å²) in [4.78, 5) is 18.3. The molecular weight excluding hydrogens is 587 g/mol. The molecule has 6 rings (SSSR count). The number of aromatic nitrogens is 4. The zero-order valence-electron chi connectivity index (χ0n) is 24.9. The first-order valence-corrected chi connectivity index (χ1v) is 16.2. The number of ether oxygens (including phenoxy) is 2. The largest absolute Gasteiger partial charge is 0.493 e. The number of nitrogens with zero attached hydrogens (tertiary/aromatic N) is 5. The van der Waals surface area contributed by atoms with Crippen molar-refractivity contribution in [3.63, 3.8) is 0 Å². The average Bonchev–Trinajstić information content (AvgIpc) is 3.74. The molecule has 4 heterocycles. The van der Waals surface area contributed by atoms with Crippen LogP contribution in [0.5, 0.6) is 5.75 Å². The van der Waals surface area contributed by atoms with Crippen molar-refractivity contribution in [3.05, 3.63) is 59.7 Å². The Hall–Kier alpha value is -3.97. The highest BCUT2D eigenvalue weighted by Crippen LogP contribution is 2.33. The molecule has 0 radical (unpaired) electrons. The van der Waals surface area contributed by atoms with Gasteiger partial charge >= 0.3 is 5.97 Å². The molecular formula is C31H37FN6O5S. The summed E-state index contributed by atoms with van der Waals surface area (Å²) < 4.78 is 52.6. The maximum atomic E-state index is 14.2. The number of halogens is 1. The molecule has 0 aliphatic carbocycles. The molecule has 4 aromatic rings. The molecule has 0 saturated carbocycles. The van der Waals surface area contributed by atoms with Crippen LogP contribution in [0.15, 0.2) is 42.6 Å². The molecule has 2 aliphatic rings. The highest BCUT2D eigenvalue weighted by molar-refractivity contribution is 7.74. The predicted octanol–water partition coefficient (Wildman–Crippen LogP) is 4.06. The number of hydrogen-bond acceptors (Lipinski definition) is 8. The number of aromatic amines is 1. The number of carbonyl (C=O) groups excluding carboxylic acids is 1. The lowest BCUT2D eigenvalue weighted by Crippen LogP contribution is -2.40. The lowest BCUT2D eigenvalue weighted by molar-refractivity contribution is 0.0454. The average molecular weight is 625 g/mol. The lowest BCUT2D eigenvalue weighted by atomic mass is 9.97. The van der Waals surface area contributed by atoms with Gasteiger partial charge in [0, 0.05) is 42.5 Å². The summed E-state index contributed by atoms with van der Waals surface area (Å²) in [7, 11) is -2.76. The van der Waals surface area contributed by atoms with E-state index in [9.17, 15) is 17.6 Å². The van der Waals surface area contributed by atoms with Crippen molar-refractivity contribution >= 4 is 33.4 Å². The van der Waals surface area contributed by atoms with Crippen molar-refractivity contribution < 1.29 is 27.1 Å². The summed E-state index contributed by atoms with van der Waals surface area (Å²) in [6, 6.07) is 9.89. The summed E-state index contributed by atoms with van der Waals surface area (Å²) in [5.41, 5.74) is 3.52. The van der Waals surface area contributed by atoms with E-state index < -0.39 is 22.7 Å². The second-order valence-corrected chi connectivity index (χ2v) is 12.9. The first-order valence-electron chi connectivity index (χ1n) is 15.0. The standard InChI is InChI=1S/C31H37FN6O5S/c1-20(2)19-43-31(39)30-29(25-16-23(32)3-5-26(25)33-30)27-18-37(35-34-27)17-21-7-10-36(11-8-21)12-13-38(44(40)41)24-4-6-28-22(15-24)9-14-42-28/h3-6,15-16,18,20-21,33,44H,7-14,17,19H2,1-2H3. The third-order valence-electron chi connectivity index (χ3n) is 8.26. The number of thiol groups is 1. The van der Waals surface area contributed by atoms with Gasteiger partial charge in [-0.05, 0) is 79.7 Å². The zero-order chi connectivity index (χ0) is 30.8. The SMILES string of the molecule is CC(C)COC(=O)c1[nH]c2ccc(F)cc2c1-c1cn(CC2CCN(CCN(c3ccc4c(c3)CCO4)[SH](=O)=O)CC2)nn1. The molecule has 0 spiro atoms. The van der Waals surface area contributed by atoms with Gasteiger partial charge in [0.2, 0.25) is 10.9 Å². The van der Waals surface area contributed by atoms with Gasteiger partial charge in [-0.25, -0.2) is 17.6 Å². The summed E-state index contributed by atoms with van der Waals surface area (Å²) in [5.74, 6) is 0.437. The van der Waals surface area contributed by atoms with E-state index in [0.717, 1.165) is 43.7 Å². The Balaban J connectivity index is 1.08. The fourth-order valence-corrected chi connectivity index (χ4v) is 6.50. The molecule has 1 saturated heterocycles. The molecule has 1 fully saturated rings. The van der Waals surface area contributed by atoms with Gasteiger partial charge in [0.15, 0.2) is 0 Å². The monoisotopic (exact) mass is 624 g/mol. The first kappa shape index (κ1) is 30.1. The quantitative estimate of drug-likeness (QED) is 0.189. The third-order valence-corrected chi connectivity index (χ3v) is 9.08. The van der Waals surface area contributed by atoms with Crippen molar-refractivity contribution in [2.75, 3.05) is 43.7 Å². The molecule has 0 amide bonds. The van der Waals surface area contributed by atoms with Crippen LogP contribution >= 0.6 is 0 Å². The van der Waals surface area contributed by atoms with Crippen LogP contribution in [0.1, 0.15) is 42.7 Å². The highest BCUT2D eigenvalue weighted by atomic mass is 32.2. The van der Waals surface area contributed by atoms with Crippen LogP contribution in [0, 0.1) is 17.7 Å². The number of H-pyrrole nitrogens is 1. The van der Waals surface area contributed by atoms with E-state index in [-0.39, 0.29) is 18.2 Å². The normalized spacial score (nSPS) is 15.7. The van der Waals surface area contributed by atoms with Crippen LogP contribution in [-0.2, 0) is 28.6 Å². The van der Waals surface area contributed by atoms with E-state index in [1.807, 2.05) is 26.0 Å². The van der Waals surface area contributed by atoms with Crippen molar-refractivity contribution in [2.24, 2.45) is 11.8 Å².